The van der Waals surface area contributed by atoms with Gasteiger partial charge in [0.05, 0.1) is 0 Å². The number of carboxylic acid groups (broad SMARTS) is 4. The molecule has 0 radical (unpaired) electrons. The Kier molecular flexibility index (Phi) is 6.75. The van der Waals surface area contributed by atoms with Gasteiger partial charge in [0.25, 0.3) is 0 Å². The van der Waals surface area contributed by atoms with E-state index in [1.54, 1.807) is 26.2 Å². The third-order valence-electron chi connectivity index (χ3n) is 4.00. The van der Waals surface area contributed by atoms with Crippen LogP contribution >= 0.6 is 0 Å². The minimum absolute atomic E-state index is 0.224. The van der Waals surface area contributed by atoms with Crippen LogP contribution < -0.4 is 0 Å². The molecule has 0 spiro atoms. The van der Waals surface area contributed by atoms with Gasteiger partial charge < -0.3 is 24.5 Å². The van der Waals surface area contributed by atoms with Gasteiger partial charge in [-0.3, -0.25) is 19.2 Å². The van der Waals surface area contributed by atoms with Gasteiger partial charge in [0.1, 0.15) is 0 Å². The van der Waals surface area contributed by atoms with E-state index < -0.39 is 51.3 Å². The van der Waals surface area contributed by atoms with Crippen molar-refractivity contribution in [2.75, 3.05) is 0 Å². The molecule has 0 unspecified atom stereocenters. The van der Waals surface area contributed by atoms with Crippen LogP contribution in [0.5, 0.6) is 0 Å². The number of aliphatic carboxylic acids is 4. The zero-order valence-electron chi connectivity index (χ0n) is 15.2. The highest BCUT2D eigenvalue weighted by atomic mass is 28.4. The molecular weight excluding hydrogens is 368 g/mol. The number of hydrogen-bond acceptors (Lipinski definition) is 5. The summed E-state index contributed by atoms with van der Waals surface area (Å²) >= 11 is 0. The van der Waals surface area contributed by atoms with Crippen molar-refractivity contribution in [3.05, 3.63) is 0 Å². The van der Waals surface area contributed by atoms with Gasteiger partial charge in [-0.2, -0.15) is 0 Å². The van der Waals surface area contributed by atoms with Crippen molar-refractivity contribution in [2.24, 2.45) is 10.8 Å². The fraction of sp³-hybridized carbons (Fsp3) is 0.714. The average molecular weight is 395 g/mol. The van der Waals surface area contributed by atoms with Crippen LogP contribution in [0.4, 0.5) is 0 Å². The van der Waals surface area contributed by atoms with Crippen LogP contribution in [0.3, 0.4) is 0 Å². The van der Waals surface area contributed by atoms with Crippen molar-refractivity contribution < 1.29 is 43.7 Å². The monoisotopic (exact) mass is 394 g/mol. The van der Waals surface area contributed by atoms with Gasteiger partial charge in [-0.05, 0) is 52.1 Å². The van der Waals surface area contributed by atoms with E-state index in [9.17, 15) is 39.6 Å². The molecule has 0 saturated heterocycles. The first-order valence-electron chi connectivity index (χ1n) is 7.53. The molecule has 0 aliphatic heterocycles. The molecule has 0 aliphatic rings. The van der Waals surface area contributed by atoms with Gasteiger partial charge in [0, 0.05) is 0 Å². The first-order chi connectivity index (χ1) is 10.9. The molecule has 0 aromatic carbocycles. The van der Waals surface area contributed by atoms with Crippen molar-refractivity contribution in [3.63, 3.8) is 0 Å². The Bertz CT molecular complexity index is 505. The smallest absolute Gasteiger partial charge is 0.320 e. The molecule has 11 heteroatoms. The van der Waals surface area contributed by atoms with E-state index in [0.717, 1.165) is 13.8 Å². The second kappa shape index (κ2) is 7.26. The molecule has 0 fully saturated rings. The number of carbonyl (C=O) groups is 4. The quantitative estimate of drug-likeness (QED) is 0.320. The Hall–Kier alpha value is -1.73. The van der Waals surface area contributed by atoms with Gasteiger partial charge in [-0.25, -0.2) is 0 Å². The first-order valence-corrected chi connectivity index (χ1v) is 13.8. The predicted octanol–water partition coefficient (Wildman–Crippen LogP) is 1.76. The third kappa shape index (κ3) is 5.64. The Morgan fingerprint density at radius 1 is 0.680 bits per heavy atom. The maximum atomic E-state index is 11.4. The summed E-state index contributed by atoms with van der Waals surface area (Å²) in [7, 11) is -5.71. The predicted molar refractivity (Wildman–Crippen MR) is 92.4 cm³/mol. The number of rotatable bonds is 10. The summed E-state index contributed by atoms with van der Waals surface area (Å²) < 4.78 is 6.04. The Labute approximate surface area is 147 Å². The van der Waals surface area contributed by atoms with Gasteiger partial charge in [0.2, 0.25) is 0 Å². The Morgan fingerprint density at radius 2 is 0.880 bits per heavy atom. The van der Waals surface area contributed by atoms with E-state index in [4.69, 9.17) is 4.12 Å². The van der Waals surface area contributed by atoms with E-state index in [0.29, 0.717) is 0 Å². The van der Waals surface area contributed by atoms with Crippen molar-refractivity contribution in [1.29, 1.82) is 0 Å². The molecule has 0 aromatic rings. The van der Waals surface area contributed by atoms with E-state index in [2.05, 4.69) is 0 Å². The van der Waals surface area contributed by atoms with Crippen molar-refractivity contribution in [3.8, 4) is 0 Å². The fourth-order valence-electron chi connectivity index (χ4n) is 3.01. The van der Waals surface area contributed by atoms with E-state index in [1.165, 1.54) is 0 Å². The van der Waals surface area contributed by atoms with E-state index >= 15 is 0 Å². The van der Waals surface area contributed by atoms with Crippen molar-refractivity contribution in [1.82, 2.24) is 0 Å². The van der Waals surface area contributed by atoms with Gasteiger partial charge in [-0.1, -0.05) is 0 Å². The number of carboxylic acids is 4. The van der Waals surface area contributed by atoms with E-state index in [-0.39, 0.29) is 12.1 Å². The highest BCUT2D eigenvalue weighted by Gasteiger charge is 2.52. The average Bonchev–Trinajstić information content (AvgIpc) is 2.34. The molecule has 0 saturated carbocycles. The lowest BCUT2D eigenvalue weighted by Crippen LogP contribution is -2.53. The molecule has 0 atom stereocenters. The first kappa shape index (κ1) is 23.3. The summed E-state index contributed by atoms with van der Waals surface area (Å²) in [5.74, 6) is -5.93. The Morgan fingerprint density at radius 3 is 1.04 bits per heavy atom. The molecule has 144 valence electrons. The standard InChI is InChI=1S/C14H26O9Si2/c1-13(9(15)16,10(17)18)7-24(3,4)23-25(5,6)8-14(2,11(19)20)12(21)22/h7-8H2,1-6H3,(H,15,16)(H,17,18)(H,19,20)(H,21,22). The molecule has 0 aromatic heterocycles. The van der Waals surface area contributed by atoms with Crippen LogP contribution in [0.1, 0.15) is 13.8 Å². The maximum Gasteiger partial charge on any atom is 0.320 e. The summed E-state index contributed by atoms with van der Waals surface area (Å²) in [6.07, 6.45) is 0. The lowest BCUT2D eigenvalue weighted by Gasteiger charge is -2.39. The summed E-state index contributed by atoms with van der Waals surface area (Å²) in [5.41, 5.74) is -4.05. The molecule has 0 aliphatic carbocycles. The Balaban J connectivity index is 5.52. The molecule has 0 amide bonds. The van der Waals surface area contributed by atoms with E-state index in [1.807, 2.05) is 0 Å². The topological polar surface area (TPSA) is 158 Å². The van der Waals surface area contributed by atoms with Gasteiger partial charge >= 0.3 is 23.9 Å². The number of hydrogen-bond donors (Lipinski definition) is 4. The van der Waals surface area contributed by atoms with Crippen molar-refractivity contribution in [2.45, 2.75) is 52.1 Å². The summed E-state index contributed by atoms with van der Waals surface area (Å²) in [4.78, 5) is 45.4. The van der Waals surface area contributed by atoms with Gasteiger partial charge in [-0.15, -0.1) is 0 Å². The molecular formula is C14H26O9Si2. The maximum absolute atomic E-state index is 11.4. The minimum atomic E-state index is -2.85. The molecule has 25 heavy (non-hydrogen) atoms. The second-order valence-electron chi connectivity index (χ2n) is 7.86. The van der Waals surface area contributed by atoms with Crippen LogP contribution in [0.2, 0.25) is 38.3 Å². The molecule has 0 heterocycles. The zero-order chi connectivity index (χ0) is 20.4. The van der Waals surface area contributed by atoms with Crippen LogP contribution in [-0.4, -0.2) is 60.9 Å². The zero-order valence-corrected chi connectivity index (χ0v) is 17.2. The van der Waals surface area contributed by atoms with Crippen LogP contribution in [0.25, 0.3) is 0 Å². The lowest BCUT2D eigenvalue weighted by molar-refractivity contribution is -0.163. The second-order valence-corrected chi connectivity index (χ2v) is 16.4. The normalized spacial score (nSPS) is 13.4. The summed E-state index contributed by atoms with van der Waals surface area (Å²) in [5, 5.41) is 37.0. The molecule has 0 bridgehead atoms. The van der Waals surface area contributed by atoms with Crippen LogP contribution in [0.15, 0.2) is 0 Å². The van der Waals surface area contributed by atoms with Crippen molar-refractivity contribution >= 4 is 40.5 Å². The lowest BCUT2D eigenvalue weighted by atomic mass is 9.94. The summed E-state index contributed by atoms with van der Waals surface area (Å²) in [6.45, 7) is 8.77. The SMILES string of the molecule is CC(C[Si](C)(C)O[Si](C)(C)CC(C)(C(=O)O)C(=O)O)(C(=O)O)C(=O)O. The molecule has 0 rings (SSSR count). The highest BCUT2D eigenvalue weighted by Crippen LogP contribution is 2.36. The summed E-state index contributed by atoms with van der Waals surface area (Å²) in [6, 6.07) is -0.449. The fourth-order valence-corrected chi connectivity index (χ4v) is 13.6. The van der Waals surface area contributed by atoms with Crippen LogP contribution in [-0.2, 0) is 23.3 Å². The molecule has 9 nitrogen and oxygen atoms in total. The van der Waals surface area contributed by atoms with Gasteiger partial charge in [0.15, 0.2) is 27.5 Å². The third-order valence-corrected chi connectivity index (χ3v) is 11.5. The highest BCUT2D eigenvalue weighted by molar-refractivity contribution is 6.85. The molecule has 4 N–H and O–H groups in total. The largest absolute Gasteiger partial charge is 0.480 e. The van der Waals surface area contributed by atoms with Crippen LogP contribution in [0, 0.1) is 10.8 Å². The minimum Gasteiger partial charge on any atom is -0.480 e.